The van der Waals surface area contributed by atoms with Crippen molar-refractivity contribution in [2.75, 3.05) is 37.4 Å². The van der Waals surface area contributed by atoms with Gasteiger partial charge in [0.1, 0.15) is 11.9 Å². The van der Waals surface area contributed by atoms with Crippen molar-refractivity contribution in [1.82, 2.24) is 9.21 Å². The molecular weight excluding hydrogens is 616 g/mol. The highest BCUT2D eigenvalue weighted by molar-refractivity contribution is 7.89. The number of likely N-dealkylation sites (N-methyl/N-ethyl adjacent to an activating group) is 1. The van der Waals surface area contributed by atoms with Crippen molar-refractivity contribution in [3.05, 3.63) is 95.5 Å². The third kappa shape index (κ3) is 7.07. The number of anilines is 2. The summed E-state index contributed by atoms with van der Waals surface area (Å²) in [6.45, 7) is 3.54. The van der Waals surface area contributed by atoms with Crippen LogP contribution in [0, 0.1) is 5.92 Å². The van der Waals surface area contributed by atoms with Gasteiger partial charge in [-0.05, 0) is 60.8 Å². The monoisotopic (exact) mass is 650 g/mol. The molecule has 1 aliphatic rings. The number of nitrogens with one attached hydrogen (secondary N) is 2. The fourth-order valence-corrected chi connectivity index (χ4v) is 6.58. The Balaban J connectivity index is 1.41. The van der Waals surface area contributed by atoms with Crippen LogP contribution in [0.4, 0.5) is 16.2 Å². The topological polar surface area (TPSA) is 128 Å². The molecule has 3 N–H and O–H groups in total. The quantitative estimate of drug-likeness (QED) is 0.225. The second kappa shape index (κ2) is 13.5. The number of benzene rings is 4. The Labute approximate surface area is 267 Å². The number of sulfonamides is 1. The highest BCUT2D eigenvalue weighted by Gasteiger charge is 2.35. The van der Waals surface area contributed by atoms with Gasteiger partial charge < -0.3 is 25.4 Å². The first-order valence-corrected chi connectivity index (χ1v) is 16.3. The van der Waals surface area contributed by atoms with Crippen molar-refractivity contribution in [3.63, 3.8) is 0 Å². The summed E-state index contributed by atoms with van der Waals surface area (Å²) in [6, 6.07) is 22.9. The highest BCUT2D eigenvalue weighted by atomic mass is 35.5. The van der Waals surface area contributed by atoms with Crippen LogP contribution in [-0.4, -0.2) is 73.6 Å². The minimum Gasteiger partial charge on any atom is -0.488 e. The van der Waals surface area contributed by atoms with Crippen molar-refractivity contribution >= 4 is 55.7 Å². The van der Waals surface area contributed by atoms with Gasteiger partial charge in [0.05, 0.1) is 35.3 Å². The molecule has 0 aliphatic carbocycles. The zero-order valence-electron chi connectivity index (χ0n) is 25.1. The summed E-state index contributed by atoms with van der Waals surface area (Å²) in [5.41, 5.74) is 1.17. The van der Waals surface area contributed by atoms with Crippen LogP contribution in [0.3, 0.4) is 0 Å². The number of carbonyl (C=O) groups excluding carboxylic acids is 2. The van der Waals surface area contributed by atoms with E-state index in [1.165, 1.54) is 41.7 Å². The van der Waals surface area contributed by atoms with Crippen LogP contribution >= 0.6 is 11.6 Å². The van der Waals surface area contributed by atoms with Gasteiger partial charge >= 0.3 is 6.03 Å². The van der Waals surface area contributed by atoms with Crippen molar-refractivity contribution in [2.45, 2.75) is 30.9 Å². The van der Waals surface area contributed by atoms with Crippen molar-refractivity contribution in [2.24, 2.45) is 5.92 Å². The maximum Gasteiger partial charge on any atom is 0.323 e. The highest BCUT2D eigenvalue weighted by Crippen LogP contribution is 2.32. The van der Waals surface area contributed by atoms with E-state index in [1.54, 1.807) is 30.0 Å². The Bertz CT molecular complexity index is 1810. The molecule has 10 nitrogen and oxygen atoms in total. The molecule has 12 heteroatoms. The molecule has 5 rings (SSSR count). The SMILES string of the molecule is C[C@H]1CN([C@@H](C)CO)C(=O)c2cc(NC(=O)Nc3cccc4ccccc34)ccc2O[C@@H]1CN(C)S(=O)(=O)c1ccc(Cl)cc1. The minimum absolute atomic E-state index is 0.00541. The van der Waals surface area contributed by atoms with E-state index >= 15 is 0 Å². The number of urea groups is 1. The van der Waals surface area contributed by atoms with Gasteiger partial charge in [-0.25, -0.2) is 13.2 Å². The van der Waals surface area contributed by atoms with Crippen LogP contribution < -0.4 is 15.4 Å². The van der Waals surface area contributed by atoms with Crippen LogP contribution in [0.15, 0.2) is 89.8 Å². The molecule has 0 aromatic heterocycles. The Kier molecular flexibility index (Phi) is 9.64. The standard InChI is InChI=1S/C33H35ClN4O6S/c1-21-18-38(22(2)20-39)32(40)28-17-25(35-33(41)36-29-10-6-8-23-7-4-5-9-27(23)29)13-16-30(28)44-31(21)19-37(3)45(42,43)26-14-11-24(34)12-15-26/h4-17,21-22,31,39H,18-20H2,1-3H3,(H2,35,36,41)/t21-,22-,31+/m0/s1. The van der Waals surface area contributed by atoms with Crippen molar-refractivity contribution in [3.8, 4) is 5.75 Å². The van der Waals surface area contributed by atoms with Gasteiger partial charge in [0.15, 0.2) is 0 Å². The van der Waals surface area contributed by atoms with Crippen molar-refractivity contribution < 1.29 is 27.9 Å². The largest absolute Gasteiger partial charge is 0.488 e. The fourth-order valence-electron chi connectivity index (χ4n) is 5.28. The molecule has 0 saturated carbocycles. The molecule has 0 radical (unpaired) electrons. The van der Waals surface area contributed by atoms with Gasteiger partial charge in [-0.15, -0.1) is 0 Å². The molecule has 0 unspecified atom stereocenters. The summed E-state index contributed by atoms with van der Waals surface area (Å²) in [5, 5.41) is 17.9. The first-order chi connectivity index (χ1) is 21.5. The summed E-state index contributed by atoms with van der Waals surface area (Å²) in [6.07, 6.45) is -0.647. The van der Waals surface area contributed by atoms with Gasteiger partial charge in [-0.2, -0.15) is 4.31 Å². The van der Waals surface area contributed by atoms with Crippen LogP contribution in [0.25, 0.3) is 10.8 Å². The zero-order chi connectivity index (χ0) is 32.3. The number of carbonyl (C=O) groups is 2. The van der Waals surface area contributed by atoms with Crippen LogP contribution in [0.2, 0.25) is 5.02 Å². The number of aliphatic hydroxyl groups excluding tert-OH is 1. The number of rotatable bonds is 8. The molecule has 0 saturated heterocycles. The normalized spacial score (nSPS) is 17.6. The lowest BCUT2D eigenvalue weighted by molar-refractivity contribution is 0.0387. The summed E-state index contributed by atoms with van der Waals surface area (Å²) in [7, 11) is -2.39. The number of hydrogen-bond donors (Lipinski definition) is 3. The van der Waals surface area contributed by atoms with Gasteiger partial charge in [-0.3, -0.25) is 4.79 Å². The lowest BCUT2D eigenvalue weighted by Gasteiger charge is -2.38. The lowest BCUT2D eigenvalue weighted by Crippen LogP contribution is -2.50. The van der Waals surface area contributed by atoms with Gasteiger partial charge in [0, 0.05) is 35.6 Å². The first-order valence-electron chi connectivity index (χ1n) is 14.5. The number of ether oxygens (including phenoxy) is 1. The molecule has 45 heavy (non-hydrogen) atoms. The number of aliphatic hydroxyl groups is 1. The molecular formula is C33H35ClN4O6S. The minimum atomic E-state index is -3.86. The maximum absolute atomic E-state index is 13.8. The molecule has 1 heterocycles. The Morgan fingerprint density at radius 2 is 1.78 bits per heavy atom. The average molecular weight is 651 g/mol. The van der Waals surface area contributed by atoms with Crippen LogP contribution in [-0.2, 0) is 10.0 Å². The van der Waals surface area contributed by atoms with Gasteiger partial charge in [0.25, 0.3) is 5.91 Å². The average Bonchev–Trinajstić information content (AvgIpc) is 3.03. The zero-order valence-corrected chi connectivity index (χ0v) is 26.7. The summed E-state index contributed by atoms with van der Waals surface area (Å²) < 4.78 is 34.2. The predicted octanol–water partition coefficient (Wildman–Crippen LogP) is 5.68. The molecule has 0 fully saturated rings. The van der Waals surface area contributed by atoms with E-state index in [1.807, 2.05) is 43.3 Å². The molecule has 1 aliphatic heterocycles. The lowest BCUT2D eigenvalue weighted by atomic mass is 9.99. The van der Waals surface area contributed by atoms with Crippen LogP contribution in [0.5, 0.6) is 5.75 Å². The third-order valence-corrected chi connectivity index (χ3v) is 10.0. The molecule has 3 atom stereocenters. The Morgan fingerprint density at radius 3 is 2.51 bits per heavy atom. The van der Waals surface area contributed by atoms with E-state index in [9.17, 15) is 23.1 Å². The van der Waals surface area contributed by atoms with Gasteiger partial charge in [-0.1, -0.05) is 54.9 Å². The number of amides is 3. The number of hydrogen-bond acceptors (Lipinski definition) is 6. The number of halogens is 1. The third-order valence-electron chi connectivity index (χ3n) is 7.92. The van der Waals surface area contributed by atoms with Crippen LogP contribution in [0.1, 0.15) is 24.2 Å². The molecule has 3 amide bonds. The fraction of sp³-hybridized carbons (Fsp3) is 0.273. The van der Waals surface area contributed by atoms with Crippen molar-refractivity contribution in [1.29, 1.82) is 0 Å². The van der Waals surface area contributed by atoms with E-state index < -0.39 is 28.2 Å². The second-order valence-corrected chi connectivity index (χ2v) is 13.7. The Morgan fingerprint density at radius 1 is 1.07 bits per heavy atom. The number of fused-ring (bicyclic) bond motifs is 2. The summed E-state index contributed by atoms with van der Waals surface area (Å²) >= 11 is 5.95. The summed E-state index contributed by atoms with van der Waals surface area (Å²) in [4.78, 5) is 28.5. The van der Waals surface area contributed by atoms with E-state index in [2.05, 4.69) is 10.6 Å². The smallest absolute Gasteiger partial charge is 0.323 e. The van der Waals surface area contributed by atoms with E-state index in [4.69, 9.17) is 16.3 Å². The first kappa shape index (κ1) is 32.2. The number of nitrogens with zero attached hydrogens (tertiary/aromatic N) is 2. The summed E-state index contributed by atoms with van der Waals surface area (Å²) in [5.74, 6) is -0.440. The predicted molar refractivity (Wildman–Crippen MR) is 175 cm³/mol. The van der Waals surface area contributed by atoms with E-state index in [0.29, 0.717) is 16.4 Å². The second-order valence-electron chi connectivity index (χ2n) is 11.2. The van der Waals surface area contributed by atoms with Gasteiger partial charge in [0.2, 0.25) is 10.0 Å². The molecule has 0 bridgehead atoms. The molecule has 4 aromatic rings. The molecule has 4 aromatic carbocycles. The molecule has 236 valence electrons. The van der Waals surface area contributed by atoms with E-state index in [0.717, 1.165) is 10.8 Å². The molecule has 0 spiro atoms. The maximum atomic E-state index is 13.8. The Hall–Kier alpha value is -4.16. The van der Waals surface area contributed by atoms with E-state index in [-0.39, 0.29) is 47.7 Å².